The molecular formula is C17H26N2O3. The van der Waals surface area contributed by atoms with E-state index in [9.17, 15) is 10.1 Å². The van der Waals surface area contributed by atoms with E-state index in [2.05, 4.69) is 18.7 Å². The van der Waals surface area contributed by atoms with Gasteiger partial charge in [0.25, 0.3) is 0 Å². The van der Waals surface area contributed by atoms with E-state index in [1.54, 1.807) is 0 Å². The van der Waals surface area contributed by atoms with Gasteiger partial charge in [-0.15, -0.1) is 0 Å². The second kappa shape index (κ2) is 7.70. The first-order valence-corrected chi connectivity index (χ1v) is 8.00. The number of morpholine rings is 1. The summed E-state index contributed by atoms with van der Waals surface area (Å²) in [5.74, 6) is -0.0240. The van der Waals surface area contributed by atoms with E-state index < -0.39 is 0 Å². The van der Waals surface area contributed by atoms with Gasteiger partial charge in [0.2, 0.25) is 6.54 Å². The third-order valence-corrected chi connectivity index (χ3v) is 4.21. The molecule has 5 nitrogen and oxygen atoms in total. The van der Waals surface area contributed by atoms with Gasteiger partial charge >= 0.3 is 0 Å². The van der Waals surface area contributed by atoms with Gasteiger partial charge in [-0.05, 0) is 39.3 Å². The summed E-state index contributed by atoms with van der Waals surface area (Å²) < 4.78 is 5.74. The second-order valence-electron chi connectivity index (χ2n) is 6.43. The summed E-state index contributed by atoms with van der Waals surface area (Å²) >= 11 is 0. The van der Waals surface area contributed by atoms with Gasteiger partial charge in [0.1, 0.15) is 0 Å². The molecule has 0 saturated carbocycles. The molecule has 2 rings (SSSR count). The third kappa shape index (κ3) is 5.07. The predicted molar refractivity (Wildman–Crippen MR) is 86.8 cm³/mol. The van der Waals surface area contributed by atoms with Gasteiger partial charge in [-0.25, -0.2) is 0 Å². The van der Waals surface area contributed by atoms with Crippen LogP contribution in [0.15, 0.2) is 24.3 Å². The lowest BCUT2D eigenvalue weighted by atomic mass is 9.94. The summed E-state index contributed by atoms with van der Waals surface area (Å²) in [6.07, 6.45) is 1.28. The van der Waals surface area contributed by atoms with Gasteiger partial charge < -0.3 is 4.74 Å². The normalized spacial score (nSPS) is 24.1. The van der Waals surface area contributed by atoms with Crippen LogP contribution < -0.4 is 0 Å². The molecule has 0 spiro atoms. The second-order valence-corrected chi connectivity index (χ2v) is 6.43. The molecule has 0 amide bonds. The summed E-state index contributed by atoms with van der Waals surface area (Å²) in [6, 6.07) is 8.10. The number of hydrogen-bond donors (Lipinski definition) is 0. The maximum atomic E-state index is 11.0. The van der Waals surface area contributed by atoms with Gasteiger partial charge in [-0.3, -0.25) is 15.0 Å². The molecule has 3 atom stereocenters. The Labute approximate surface area is 132 Å². The zero-order chi connectivity index (χ0) is 16.1. The van der Waals surface area contributed by atoms with Crippen molar-refractivity contribution < 1.29 is 9.66 Å². The quantitative estimate of drug-likeness (QED) is 0.599. The zero-order valence-corrected chi connectivity index (χ0v) is 13.7. The van der Waals surface area contributed by atoms with Gasteiger partial charge in [-0.1, -0.05) is 29.8 Å². The summed E-state index contributed by atoms with van der Waals surface area (Å²) in [6.45, 7) is 8.88. The minimum Gasteiger partial charge on any atom is -0.373 e. The Morgan fingerprint density at radius 2 is 1.86 bits per heavy atom. The fraction of sp³-hybridized carbons (Fsp3) is 0.647. The average molecular weight is 306 g/mol. The molecule has 0 radical (unpaired) electrons. The first-order chi connectivity index (χ1) is 10.4. The lowest BCUT2D eigenvalue weighted by molar-refractivity contribution is -0.483. The third-order valence-electron chi connectivity index (χ3n) is 4.21. The van der Waals surface area contributed by atoms with Crippen molar-refractivity contribution in [3.8, 4) is 0 Å². The highest BCUT2D eigenvalue weighted by molar-refractivity contribution is 5.24. The molecule has 122 valence electrons. The van der Waals surface area contributed by atoms with Gasteiger partial charge in [0, 0.05) is 23.9 Å². The van der Waals surface area contributed by atoms with Crippen LogP contribution in [0.25, 0.3) is 0 Å². The monoisotopic (exact) mass is 306 g/mol. The van der Waals surface area contributed by atoms with Crippen molar-refractivity contribution in [3.05, 3.63) is 45.5 Å². The largest absolute Gasteiger partial charge is 0.373 e. The van der Waals surface area contributed by atoms with Gasteiger partial charge in [-0.2, -0.15) is 0 Å². The molecule has 0 bridgehead atoms. The molecule has 22 heavy (non-hydrogen) atoms. The Bertz CT molecular complexity index is 479. The van der Waals surface area contributed by atoms with Crippen molar-refractivity contribution in [1.82, 2.24) is 4.90 Å². The van der Waals surface area contributed by atoms with E-state index in [4.69, 9.17) is 4.74 Å². The smallest absolute Gasteiger partial charge is 0.210 e. The number of ether oxygens (including phenoxy) is 1. The maximum absolute atomic E-state index is 11.0. The number of aryl methyl sites for hydroxylation is 1. The van der Waals surface area contributed by atoms with E-state index in [1.165, 1.54) is 5.56 Å². The SMILES string of the molecule is Cc1ccc([C@@H](CCN2C[C@@H](C)O[C@H](C)C2)C[N+](=O)[O-])cc1. The van der Waals surface area contributed by atoms with Gasteiger partial charge in [0.15, 0.2) is 0 Å². The summed E-state index contributed by atoms with van der Waals surface area (Å²) in [5, 5.41) is 11.0. The number of hydrogen-bond acceptors (Lipinski definition) is 4. The Kier molecular flexibility index (Phi) is 5.91. The van der Waals surface area contributed by atoms with Crippen LogP contribution in [0.4, 0.5) is 0 Å². The van der Waals surface area contributed by atoms with Crippen molar-refractivity contribution in [1.29, 1.82) is 0 Å². The molecule has 0 unspecified atom stereocenters. The first-order valence-electron chi connectivity index (χ1n) is 8.00. The van der Waals surface area contributed by atoms with Crippen LogP contribution in [0.1, 0.15) is 37.3 Å². The Balaban J connectivity index is 1.97. The molecule has 1 fully saturated rings. The Hall–Kier alpha value is -1.46. The van der Waals surface area contributed by atoms with Crippen LogP contribution in [0.2, 0.25) is 0 Å². The Morgan fingerprint density at radius 1 is 1.27 bits per heavy atom. The van der Waals surface area contributed by atoms with E-state index >= 15 is 0 Å². The zero-order valence-electron chi connectivity index (χ0n) is 13.7. The highest BCUT2D eigenvalue weighted by Gasteiger charge is 2.24. The molecule has 1 aliphatic rings. The minimum absolute atomic E-state index is 0.00148. The topological polar surface area (TPSA) is 55.6 Å². The Morgan fingerprint density at radius 3 is 2.41 bits per heavy atom. The molecule has 0 N–H and O–H groups in total. The van der Waals surface area contributed by atoms with Crippen molar-refractivity contribution in [3.63, 3.8) is 0 Å². The van der Waals surface area contributed by atoms with Crippen LogP contribution in [0.3, 0.4) is 0 Å². The number of rotatable bonds is 6. The van der Waals surface area contributed by atoms with Crippen LogP contribution >= 0.6 is 0 Å². The predicted octanol–water partition coefficient (Wildman–Crippen LogP) is 2.85. The molecule has 1 aromatic rings. The van der Waals surface area contributed by atoms with Crippen LogP contribution in [0.5, 0.6) is 0 Å². The van der Waals surface area contributed by atoms with Gasteiger partial charge in [0.05, 0.1) is 12.2 Å². The van der Waals surface area contributed by atoms with Crippen LogP contribution in [0, 0.1) is 17.0 Å². The maximum Gasteiger partial charge on any atom is 0.210 e. The lowest BCUT2D eigenvalue weighted by Gasteiger charge is -2.35. The molecule has 1 aliphatic heterocycles. The number of nitrogens with zero attached hydrogens (tertiary/aromatic N) is 2. The summed E-state index contributed by atoms with van der Waals surface area (Å²) in [4.78, 5) is 13.1. The molecular weight excluding hydrogens is 280 g/mol. The van der Waals surface area contributed by atoms with E-state index in [0.29, 0.717) is 0 Å². The summed E-state index contributed by atoms with van der Waals surface area (Å²) in [5.41, 5.74) is 2.25. The van der Waals surface area contributed by atoms with E-state index in [-0.39, 0.29) is 29.6 Å². The van der Waals surface area contributed by atoms with Crippen LogP contribution in [-0.4, -0.2) is 48.2 Å². The fourth-order valence-electron chi connectivity index (χ4n) is 3.19. The van der Waals surface area contributed by atoms with Crippen LogP contribution in [-0.2, 0) is 4.74 Å². The van der Waals surface area contributed by atoms with Crippen molar-refractivity contribution >= 4 is 0 Å². The molecule has 5 heteroatoms. The molecule has 0 aromatic heterocycles. The molecule has 1 heterocycles. The van der Waals surface area contributed by atoms with E-state index in [1.807, 2.05) is 31.2 Å². The lowest BCUT2D eigenvalue weighted by Crippen LogP contribution is -2.46. The first kappa shape index (κ1) is 16.9. The molecule has 0 aliphatic carbocycles. The molecule has 1 saturated heterocycles. The minimum atomic E-state index is -0.199. The summed E-state index contributed by atoms with van der Waals surface area (Å²) in [7, 11) is 0. The van der Waals surface area contributed by atoms with Crippen molar-refractivity contribution in [2.45, 2.75) is 45.3 Å². The number of benzene rings is 1. The highest BCUT2D eigenvalue weighted by Crippen LogP contribution is 2.22. The van der Waals surface area contributed by atoms with Crippen molar-refractivity contribution in [2.75, 3.05) is 26.2 Å². The highest BCUT2D eigenvalue weighted by atomic mass is 16.6. The standard InChI is InChI=1S/C17H26N2O3/c1-13-4-6-16(7-5-13)17(12-19(20)21)8-9-18-10-14(2)22-15(3)11-18/h4-7,14-15,17H,8-12H2,1-3H3/t14-,15-,17+/m1/s1. The van der Waals surface area contributed by atoms with Crippen molar-refractivity contribution in [2.24, 2.45) is 0 Å². The average Bonchev–Trinajstić information content (AvgIpc) is 2.43. The molecule has 1 aromatic carbocycles. The number of nitro groups is 1. The van der Waals surface area contributed by atoms with E-state index in [0.717, 1.165) is 31.6 Å². The fourth-order valence-corrected chi connectivity index (χ4v) is 3.19.